The van der Waals surface area contributed by atoms with Gasteiger partial charge in [0.1, 0.15) is 0 Å². The fourth-order valence-electron chi connectivity index (χ4n) is 2.50. The zero-order valence-electron chi connectivity index (χ0n) is 17.2. The third-order valence-electron chi connectivity index (χ3n) is 3.95. The third kappa shape index (κ3) is 7.46. The molecule has 1 aromatic carbocycles. The maximum absolute atomic E-state index is 5.35. The average Bonchev–Trinajstić information content (AvgIpc) is 3.15. The largest absolute Gasteiger partial charge is 0.493 e. The number of methoxy groups -OCH3 is 2. The molecular weight excluding hydrogens is 487 g/mol. The summed E-state index contributed by atoms with van der Waals surface area (Å²) < 4.78 is 10.6. The summed E-state index contributed by atoms with van der Waals surface area (Å²) in [5, 5.41) is 9.99. The Labute approximate surface area is 189 Å². The van der Waals surface area contributed by atoms with Crippen LogP contribution in [0.25, 0.3) is 0 Å². The summed E-state index contributed by atoms with van der Waals surface area (Å²) >= 11 is 1.73. The normalized spacial score (nSPS) is 11.1. The van der Waals surface area contributed by atoms with Crippen LogP contribution in [0.4, 0.5) is 0 Å². The molecule has 0 radical (unpaired) electrons. The number of rotatable bonds is 9. The molecule has 6 nitrogen and oxygen atoms in total. The van der Waals surface area contributed by atoms with E-state index in [-0.39, 0.29) is 24.0 Å². The topological polar surface area (TPSA) is 67.8 Å². The van der Waals surface area contributed by atoms with Gasteiger partial charge in [0.15, 0.2) is 17.5 Å². The molecule has 0 spiro atoms. The summed E-state index contributed by atoms with van der Waals surface area (Å²) in [6.07, 6.45) is 0.879. The van der Waals surface area contributed by atoms with Crippen molar-refractivity contribution in [2.45, 2.75) is 39.7 Å². The Hall–Kier alpha value is -1.55. The lowest BCUT2D eigenvalue weighted by Gasteiger charge is -2.12. The van der Waals surface area contributed by atoms with Gasteiger partial charge in [-0.2, -0.15) is 0 Å². The molecule has 0 unspecified atom stereocenters. The lowest BCUT2D eigenvalue weighted by molar-refractivity contribution is 0.354. The second-order valence-corrected chi connectivity index (χ2v) is 7.28. The molecule has 2 N–H and O–H groups in total. The maximum Gasteiger partial charge on any atom is 0.191 e. The summed E-state index contributed by atoms with van der Waals surface area (Å²) in [6.45, 7) is 8.56. The summed E-state index contributed by atoms with van der Waals surface area (Å²) in [4.78, 5) is 9.33. The lowest BCUT2D eigenvalue weighted by Crippen LogP contribution is -2.38. The van der Waals surface area contributed by atoms with Crippen molar-refractivity contribution in [3.05, 3.63) is 39.8 Å². The standard InChI is InChI=1S/C20H30N4O2S.HI/c1-6-21-20(22-10-9-16-13-27-19(24-16)14(2)3)23-12-15-7-8-17(25-4)18(11-15)26-5;/h7-8,11,13-14H,6,9-10,12H2,1-5H3,(H2,21,22,23);1H. The van der Waals surface area contributed by atoms with Gasteiger partial charge in [-0.1, -0.05) is 19.9 Å². The highest BCUT2D eigenvalue weighted by molar-refractivity contribution is 14.0. The predicted octanol–water partition coefficient (Wildman–Crippen LogP) is 4.20. The molecule has 0 bridgehead atoms. The van der Waals surface area contributed by atoms with Crippen LogP contribution in [0.5, 0.6) is 11.5 Å². The van der Waals surface area contributed by atoms with Crippen molar-refractivity contribution in [1.29, 1.82) is 0 Å². The fraction of sp³-hybridized carbons (Fsp3) is 0.500. The van der Waals surface area contributed by atoms with E-state index in [2.05, 4.69) is 46.8 Å². The number of ether oxygens (including phenoxy) is 2. The van der Waals surface area contributed by atoms with Gasteiger partial charge >= 0.3 is 0 Å². The molecule has 0 amide bonds. The van der Waals surface area contributed by atoms with Crippen molar-refractivity contribution in [2.75, 3.05) is 27.3 Å². The van der Waals surface area contributed by atoms with Crippen molar-refractivity contribution in [3.8, 4) is 11.5 Å². The molecule has 0 fully saturated rings. The number of benzene rings is 1. The van der Waals surface area contributed by atoms with Crippen LogP contribution in [-0.2, 0) is 13.0 Å². The van der Waals surface area contributed by atoms with Crippen LogP contribution in [0.15, 0.2) is 28.6 Å². The fourth-order valence-corrected chi connectivity index (χ4v) is 3.37. The van der Waals surface area contributed by atoms with Crippen molar-refractivity contribution in [2.24, 2.45) is 4.99 Å². The van der Waals surface area contributed by atoms with Crippen molar-refractivity contribution in [3.63, 3.8) is 0 Å². The average molecular weight is 518 g/mol. The second-order valence-electron chi connectivity index (χ2n) is 6.39. The van der Waals surface area contributed by atoms with E-state index in [0.717, 1.165) is 42.5 Å². The number of hydrogen-bond acceptors (Lipinski definition) is 5. The molecule has 0 aliphatic heterocycles. The van der Waals surface area contributed by atoms with E-state index in [1.807, 2.05) is 18.2 Å². The molecule has 2 rings (SSSR count). The smallest absolute Gasteiger partial charge is 0.191 e. The van der Waals surface area contributed by atoms with Gasteiger partial charge < -0.3 is 20.1 Å². The first-order valence-electron chi connectivity index (χ1n) is 9.24. The molecule has 0 atom stereocenters. The quantitative estimate of drug-likeness (QED) is 0.296. The Morgan fingerprint density at radius 3 is 2.54 bits per heavy atom. The molecule has 0 saturated carbocycles. The molecule has 1 heterocycles. The Kier molecular flexibility index (Phi) is 11.2. The number of halogens is 1. The minimum absolute atomic E-state index is 0. The molecule has 8 heteroatoms. The first-order chi connectivity index (χ1) is 13.1. The molecule has 0 saturated heterocycles. The Morgan fingerprint density at radius 1 is 1.18 bits per heavy atom. The summed E-state index contributed by atoms with van der Waals surface area (Å²) in [5.41, 5.74) is 2.19. The van der Waals surface area contributed by atoms with Crippen LogP contribution in [0.3, 0.4) is 0 Å². The zero-order valence-corrected chi connectivity index (χ0v) is 20.4. The van der Waals surface area contributed by atoms with Gasteiger partial charge in [-0.15, -0.1) is 35.3 Å². The lowest BCUT2D eigenvalue weighted by atomic mass is 10.2. The van der Waals surface area contributed by atoms with Crippen LogP contribution < -0.4 is 20.1 Å². The number of aliphatic imine (C=N–C) groups is 1. The summed E-state index contributed by atoms with van der Waals surface area (Å²) in [7, 11) is 3.27. The van der Waals surface area contributed by atoms with E-state index in [1.54, 1.807) is 25.6 Å². The van der Waals surface area contributed by atoms with Crippen molar-refractivity contribution < 1.29 is 9.47 Å². The van der Waals surface area contributed by atoms with Gasteiger partial charge in [0.25, 0.3) is 0 Å². The van der Waals surface area contributed by atoms with E-state index in [9.17, 15) is 0 Å². The van der Waals surface area contributed by atoms with E-state index in [4.69, 9.17) is 9.47 Å². The molecule has 0 aliphatic carbocycles. The number of thiazole rings is 1. The van der Waals surface area contributed by atoms with Gasteiger partial charge in [-0.25, -0.2) is 9.98 Å². The van der Waals surface area contributed by atoms with E-state index in [0.29, 0.717) is 18.2 Å². The molecular formula is C20H31IN4O2S. The Balaban J connectivity index is 0.00000392. The first-order valence-corrected chi connectivity index (χ1v) is 10.1. The minimum Gasteiger partial charge on any atom is -0.493 e. The van der Waals surface area contributed by atoms with Gasteiger partial charge in [0.05, 0.1) is 31.5 Å². The van der Waals surface area contributed by atoms with Gasteiger partial charge in [0.2, 0.25) is 0 Å². The minimum atomic E-state index is 0. The van der Waals surface area contributed by atoms with Gasteiger partial charge in [0, 0.05) is 30.8 Å². The number of nitrogens with one attached hydrogen (secondary N) is 2. The van der Waals surface area contributed by atoms with Crippen LogP contribution in [-0.4, -0.2) is 38.3 Å². The van der Waals surface area contributed by atoms with Crippen molar-refractivity contribution in [1.82, 2.24) is 15.6 Å². The molecule has 1 aromatic heterocycles. The van der Waals surface area contributed by atoms with E-state index < -0.39 is 0 Å². The second kappa shape index (κ2) is 12.8. The predicted molar refractivity (Wildman–Crippen MR) is 128 cm³/mol. The highest BCUT2D eigenvalue weighted by Crippen LogP contribution is 2.27. The molecule has 28 heavy (non-hydrogen) atoms. The Bertz CT molecular complexity index is 750. The summed E-state index contributed by atoms with van der Waals surface area (Å²) in [6, 6.07) is 5.85. The van der Waals surface area contributed by atoms with E-state index >= 15 is 0 Å². The maximum atomic E-state index is 5.35. The van der Waals surface area contributed by atoms with Crippen molar-refractivity contribution >= 4 is 41.3 Å². The number of aromatic nitrogens is 1. The monoisotopic (exact) mass is 518 g/mol. The number of hydrogen-bond donors (Lipinski definition) is 2. The highest BCUT2D eigenvalue weighted by Gasteiger charge is 2.07. The van der Waals surface area contributed by atoms with Crippen LogP contribution >= 0.6 is 35.3 Å². The molecule has 2 aromatic rings. The SMILES string of the molecule is CCNC(=NCc1ccc(OC)c(OC)c1)NCCc1csc(C(C)C)n1.I. The highest BCUT2D eigenvalue weighted by atomic mass is 127. The third-order valence-corrected chi connectivity index (χ3v) is 5.14. The number of nitrogens with zero attached hydrogens (tertiary/aromatic N) is 2. The molecule has 0 aliphatic rings. The zero-order chi connectivity index (χ0) is 19.6. The van der Waals surface area contributed by atoms with Gasteiger partial charge in [-0.05, 0) is 24.6 Å². The van der Waals surface area contributed by atoms with E-state index in [1.165, 1.54) is 5.01 Å². The Morgan fingerprint density at radius 2 is 1.93 bits per heavy atom. The number of guanidine groups is 1. The summed E-state index contributed by atoms with van der Waals surface area (Å²) in [5.74, 6) is 2.72. The first kappa shape index (κ1) is 24.5. The van der Waals surface area contributed by atoms with Crippen LogP contribution in [0, 0.1) is 0 Å². The van der Waals surface area contributed by atoms with Crippen LogP contribution in [0.2, 0.25) is 0 Å². The van der Waals surface area contributed by atoms with Crippen LogP contribution in [0.1, 0.15) is 43.0 Å². The molecule has 156 valence electrons. The van der Waals surface area contributed by atoms with Gasteiger partial charge in [-0.3, -0.25) is 0 Å².